The summed E-state index contributed by atoms with van der Waals surface area (Å²) in [6, 6.07) is 8.10. The highest BCUT2D eigenvalue weighted by atomic mass is 32.2. The van der Waals surface area contributed by atoms with Gasteiger partial charge in [0.15, 0.2) is 10.0 Å². The summed E-state index contributed by atoms with van der Waals surface area (Å²) >= 11 is 1.39. The lowest BCUT2D eigenvalue weighted by Gasteiger charge is -2.31. The number of carbonyl (C=O) groups is 1. The number of fused-ring (bicyclic) bond motifs is 1. The highest BCUT2D eigenvalue weighted by Gasteiger charge is 2.33. The number of hydrogen-bond acceptors (Lipinski definition) is 7. The van der Waals surface area contributed by atoms with E-state index in [2.05, 4.69) is 10.3 Å². The number of carbonyl (C=O) groups excluding carboxylic acids is 1. The van der Waals surface area contributed by atoms with Crippen molar-refractivity contribution in [2.75, 3.05) is 25.0 Å². The first kappa shape index (κ1) is 22.6. The van der Waals surface area contributed by atoms with Crippen LogP contribution in [0.25, 0.3) is 10.2 Å². The summed E-state index contributed by atoms with van der Waals surface area (Å²) in [4.78, 5) is 15.5. The molecule has 2 aromatic carbocycles. The second kappa shape index (κ2) is 9.08. The number of aromatic nitrogens is 1. The third-order valence-electron chi connectivity index (χ3n) is 5.20. The number of esters is 1. The van der Waals surface area contributed by atoms with Crippen LogP contribution in [0.5, 0.6) is 0 Å². The van der Waals surface area contributed by atoms with Gasteiger partial charge in [-0.1, -0.05) is 17.4 Å². The van der Waals surface area contributed by atoms with Gasteiger partial charge in [-0.25, -0.2) is 27.0 Å². The van der Waals surface area contributed by atoms with Crippen LogP contribution in [0.2, 0.25) is 0 Å². The highest BCUT2D eigenvalue weighted by molar-refractivity contribution is 7.89. The SMILES string of the molecule is CCOC(=O)c1ccc2nc(NC3CCN(S(=O)(=O)c4c(F)cccc4F)CC3)sc2c1. The average Bonchev–Trinajstić information content (AvgIpc) is 3.15. The number of nitrogens with zero attached hydrogens (tertiary/aromatic N) is 2. The molecule has 11 heteroatoms. The molecule has 0 amide bonds. The van der Waals surface area contributed by atoms with Gasteiger partial charge in [0.1, 0.15) is 11.6 Å². The molecule has 0 unspecified atom stereocenters. The summed E-state index contributed by atoms with van der Waals surface area (Å²) < 4.78 is 60.4. The van der Waals surface area contributed by atoms with Gasteiger partial charge in [-0.15, -0.1) is 0 Å². The molecule has 0 radical (unpaired) electrons. The van der Waals surface area contributed by atoms with Gasteiger partial charge in [0.2, 0.25) is 10.0 Å². The number of sulfonamides is 1. The number of rotatable bonds is 6. The van der Waals surface area contributed by atoms with Gasteiger partial charge in [0.25, 0.3) is 0 Å². The Morgan fingerprint density at radius 2 is 1.91 bits per heavy atom. The van der Waals surface area contributed by atoms with Crippen molar-refractivity contribution in [3.63, 3.8) is 0 Å². The topological polar surface area (TPSA) is 88.6 Å². The van der Waals surface area contributed by atoms with Crippen molar-refractivity contribution in [3.05, 3.63) is 53.6 Å². The maximum Gasteiger partial charge on any atom is 0.338 e. The third kappa shape index (κ3) is 4.45. The fraction of sp³-hybridized carbons (Fsp3) is 0.333. The molecular formula is C21H21F2N3O4S2. The Labute approximate surface area is 188 Å². The standard InChI is InChI=1S/C21H21F2N3O4S2/c1-2-30-20(27)13-6-7-17-18(12-13)31-21(25-17)24-14-8-10-26(11-9-14)32(28,29)19-15(22)4-3-5-16(19)23/h3-7,12,14H,2,8-11H2,1H3,(H,24,25). The Kier molecular flexibility index (Phi) is 6.40. The summed E-state index contributed by atoms with van der Waals surface area (Å²) in [6.45, 7) is 2.30. The van der Waals surface area contributed by atoms with Crippen LogP contribution in [0, 0.1) is 11.6 Å². The van der Waals surface area contributed by atoms with Crippen molar-refractivity contribution in [3.8, 4) is 0 Å². The van der Waals surface area contributed by atoms with Crippen molar-refractivity contribution >= 4 is 42.7 Å². The molecule has 1 aliphatic heterocycles. The molecule has 1 aliphatic rings. The Morgan fingerprint density at radius 1 is 1.22 bits per heavy atom. The first-order valence-corrected chi connectivity index (χ1v) is 12.3. The van der Waals surface area contributed by atoms with E-state index in [-0.39, 0.29) is 19.1 Å². The third-order valence-corrected chi connectivity index (χ3v) is 8.10. The Bertz CT molecular complexity index is 1230. The molecule has 170 valence electrons. The highest BCUT2D eigenvalue weighted by Crippen LogP contribution is 2.30. The van der Waals surface area contributed by atoms with Gasteiger partial charge >= 0.3 is 5.97 Å². The second-order valence-electron chi connectivity index (χ2n) is 7.30. The monoisotopic (exact) mass is 481 g/mol. The first-order chi connectivity index (χ1) is 15.3. The first-order valence-electron chi connectivity index (χ1n) is 10.1. The molecule has 7 nitrogen and oxygen atoms in total. The van der Waals surface area contributed by atoms with Crippen LogP contribution in [0.4, 0.5) is 13.9 Å². The van der Waals surface area contributed by atoms with Crippen LogP contribution in [-0.4, -0.2) is 49.4 Å². The maximum absolute atomic E-state index is 14.0. The predicted octanol–water partition coefficient (Wildman–Crippen LogP) is 4.02. The van der Waals surface area contributed by atoms with Crippen molar-refractivity contribution in [2.45, 2.75) is 30.7 Å². The fourth-order valence-electron chi connectivity index (χ4n) is 3.60. The number of anilines is 1. The van der Waals surface area contributed by atoms with E-state index in [0.717, 1.165) is 32.7 Å². The second-order valence-corrected chi connectivity index (χ2v) is 10.2. The minimum Gasteiger partial charge on any atom is -0.462 e. The zero-order valence-corrected chi connectivity index (χ0v) is 18.8. The molecule has 32 heavy (non-hydrogen) atoms. The van der Waals surface area contributed by atoms with Crippen LogP contribution in [0.1, 0.15) is 30.1 Å². The molecule has 0 saturated carbocycles. The molecule has 2 heterocycles. The largest absolute Gasteiger partial charge is 0.462 e. The van der Waals surface area contributed by atoms with Gasteiger partial charge < -0.3 is 10.1 Å². The number of halogens is 2. The normalized spacial score (nSPS) is 15.7. The smallest absolute Gasteiger partial charge is 0.338 e. The maximum atomic E-state index is 14.0. The zero-order valence-electron chi connectivity index (χ0n) is 17.2. The van der Waals surface area contributed by atoms with Crippen LogP contribution in [0.3, 0.4) is 0 Å². The van der Waals surface area contributed by atoms with Crippen molar-refractivity contribution < 1.29 is 26.7 Å². The minimum absolute atomic E-state index is 0.0444. The van der Waals surface area contributed by atoms with E-state index >= 15 is 0 Å². The van der Waals surface area contributed by atoms with Crippen LogP contribution >= 0.6 is 11.3 Å². The average molecular weight is 482 g/mol. The van der Waals surface area contributed by atoms with Gasteiger partial charge in [-0.2, -0.15) is 4.31 Å². The number of nitrogens with one attached hydrogen (secondary N) is 1. The molecule has 1 aromatic heterocycles. The quantitative estimate of drug-likeness (QED) is 0.535. The summed E-state index contributed by atoms with van der Waals surface area (Å²) in [7, 11) is -4.26. The van der Waals surface area contributed by atoms with Gasteiger partial charge in [0, 0.05) is 19.1 Å². The van der Waals surface area contributed by atoms with Gasteiger partial charge in [-0.3, -0.25) is 0 Å². The summed E-state index contributed by atoms with van der Waals surface area (Å²) in [6.07, 6.45) is 0.915. The number of hydrogen-bond donors (Lipinski definition) is 1. The van der Waals surface area contributed by atoms with E-state index in [1.165, 1.54) is 11.3 Å². The summed E-state index contributed by atoms with van der Waals surface area (Å²) in [5.74, 6) is -2.58. The van der Waals surface area contributed by atoms with Crippen molar-refractivity contribution in [2.24, 2.45) is 0 Å². The lowest BCUT2D eigenvalue weighted by molar-refractivity contribution is 0.0526. The number of benzene rings is 2. The Balaban J connectivity index is 1.43. The number of piperidine rings is 1. The molecular weight excluding hydrogens is 460 g/mol. The van der Waals surface area contributed by atoms with E-state index in [4.69, 9.17) is 4.74 Å². The van der Waals surface area contributed by atoms with E-state index < -0.39 is 32.5 Å². The fourth-order valence-corrected chi connectivity index (χ4v) is 6.16. The van der Waals surface area contributed by atoms with Crippen LogP contribution in [0.15, 0.2) is 41.3 Å². The lowest BCUT2D eigenvalue weighted by Crippen LogP contribution is -2.42. The minimum atomic E-state index is -4.26. The van der Waals surface area contributed by atoms with Crippen molar-refractivity contribution in [1.29, 1.82) is 0 Å². The zero-order chi connectivity index (χ0) is 22.9. The van der Waals surface area contributed by atoms with E-state index in [9.17, 15) is 22.0 Å². The van der Waals surface area contributed by atoms with Crippen molar-refractivity contribution in [1.82, 2.24) is 9.29 Å². The molecule has 0 bridgehead atoms. The number of ether oxygens (including phenoxy) is 1. The molecule has 0 atom stereocenters. The lowest BCUT2D eigenvalue weighted by atomic mass is 10.1. The molecule has 1 saturated heterocycles. The summed E-state index contributed by atoms with van der Waals surface area (Å²) in [5, 5.41) is 3.96. The van der Waals surface area contributed by atoms with Crippen LogP contribution in [-0.2, 0) is 14.8 Å². The molecule has 1 fully saturated rings. The van der Waals surface area contributed by atoms with Gasteiger partial charge in [0.05, 0.1) is 22.4 Å². The van der Waals surface area contributed by atoms with E-state index in [1.807, 2.05) is 0 Å². The Morgan fingerprint density at radius 3 is 2.56 bits per heavy atom. The van der Waals surface area contributed by atoms with Gasteiger partial charge in [-0.05, 0) is 50.1 Å². The predicted molar refractivity (Wildman–Crippen MR) is 117 cm³/mol. The Hall–Kier alpha value is -2.63. The molecule has 4 rings (SSSR count). The molecule has 1 N–H and O–H groups in total. The van der Waals surface area contributed by atoms with E-state index in [0.29, 0.717) is 30.1 Å². The number of thiazole rings is 1. The molecule has 0 spiro atoms. The molecule has 3 aromatic rings. The summed E-state index contributed by atoms with van der Waals surface area (Å²) in [5.41, 5.74) is 1.19. The van der Waals surface area contributed by atoms with Crippen LogP contribution < -0.4 is 5.32 Å². The molecule has 0 aliphatic carbocycles. The van der Waals surface area contributed by atoms with E-state index in [1.54, 1.807) is 25.1 Å².